The largest absolute Gasteiger partial charge is 0.481 e. The maximum atomic E-state index is 13.1. The molecule has 2 atom stereocenters. The highest BCUT2D eigenvalue weighted by atomic mass is 32.2. The van der Waals surface area contributed by atoms with Crippen molar-refractivity contribution in [2.45, 2.75) is 25.2 Å². The van der Waals surface area contributed by atoms with E-state index in [4.69, 9.17) is 5.11 Å². The Hall–Kier alpha value is -0.320. The standard InChI is InChI=1S/C9H12F2O2S/c10-9(11)5-8(9,7(12)13)6-2-1-3-14-4-6/h6H,1-5H2,(H,12,13). The van der Waals surface area contributed by atoms with Crippen LogP contribution in [0, 0.1) is 11.3 Å². The van der Waals surface area contributed by atoms with Crippen molar-refractivity contribution in [3.63, 3.8) is 0 Å². The van der Waals surface area contributed by atoms with E-state index in [0.29, 0.717) is 12.2 Å². The van der Waals surface area contributed by atoms with Crippen molar-refractivity contribution in [1.82, 2.24) is 0 Å². The van der Waals surface area contributed by atoms with Gasteiger partial charge in [0.15, 0.2) is 0 Å². The number of halogens is 2. The summed E-state index contributed by atoms with van der Waals surface area (Å²) in [6, 6.07) is 0. The molecule has 1 aliphatic carbocycles. The van der Waals surface area contributed by atoms with E-state index in [1.807, 2.05) is 0 Å². The van der Waals surface area contributed by atoms with E-state index >= 15 is 0 Å². The first-order valence-electron chi connectivity index (χ1n) is 4.70. The summed E-state index contributed by atoms with van der Waals surface area (Å²) >= 11 is 1.59. The van der Waals surface area contributed by atoms with E-state index in [-0.39, 0.29) is 5.92 Å². The van der Waals surface area contributed by atoms with Crippen molar-refractivity contribution in [2.24, 2.45) is 11.3 Å². The first-order chi connectivity index (χ1) is 6.51. The fourth-order valence-electron chi connectivity index (χ4n) is 2.29. The Balaban J connectivity index is 2.17. The fourth-order valence-corrected chi connectivity index (χ4v) is 3.56. The number of hydrogen-bond acceptors (Lipinski definition) is 2. The minimum Gasteiger partial charge on any atom is -0.481 e. The van der Waals surface area contributed by atoms with E-state index in [9.17, 15) is 13.6 Å². The van der Waals surface area contributed by atoms with Gasteiger partial charge in [-0.3, -0.25) is 4.79 Å². The van der Waals surface area contributed by atoms with E-state index in [2.05, 4.69) is 0 Å². The Labute approximate surface area is 85.1 Å². The summed E-state index contributed by atoms with van der Waals surface area (Å²) in [6.07, 6.45) is 1.04. The van der Waals surface area contributed by atoms with Crippen LogP contribution in [-0.2, 0) is 4.79 Å². The zero-order valence-electron chi connectivity index (χ0n) is 7.63. The molecule has 2 unspecified atom stereocenters. The van der Waals surface area contributed by atoms with Gasteiger partial charge in [-0.05, 0) is 30.3 Å². The van der Waals surface area contributed by atoms with Crippen LogP contribution in [0.4, 0.5) is 8.78 Å². The van der Waals surface area contributed by atoms with Gasteiger partial charge in [-0.1, -0.05) is 0 Å². The van der Waals surface area contributed by atoms with Gasteiger partial charge < -0.3 is 5.11 Å². The predicted octanol–water partition coefficient (Wildman–Crippen LogP) is 2.24. The number of alkyl halides is 2. The highest BCUT2D eigenvalue weighted by Crippen LogP contribution is 2.66. The Morgan fingerprint density at radius 3 is 2.50 bits per heavy atom. The summed E-state index contributed by atoms with van der Waals surface area (Å²) in [4.78, 5) is 10.9. The molecule has 0 radical (unpaired) electrons. The second-order valence-electron chi connectivity index (χ2n) is 4.07. The number of rotatable bonds is 2. The second kappa shape index (κ2) is 3.08. The van der Waals surface area contributed by atoms with Crippen molar-refractivity contribution in [2.75, 3.05) is 11.5 Å². The van der Waals surface area contributed by atoms with Crippen molar-refractivity contribution >= 4 is 17.7 Å². The van der Waals surface area contributed by atoms with Gasteiger partial charge in [0, 0.05) is 6.42 Å². The molecular weight excluding hydrogens is 210 g/mol. The number of carboxylic acid groups (broad SMARTS) is 1. The van der Waals surface area contributed by atoms with Crippen LogP contribution >= 0.6 is 11.8 Å². The van der Waals surface area contributed by atoms with Gasteiger partial charge in [0.25, 0.3) is 5.92 Å². The normalized spacial score (nSPS) is 40.6. The van der Waals surface area contributed by atoms with Crippen LogP contribution in [-0.4, -0.2) is 28.5 Å². The number of thioether (sulfide) groups is 1. The predicted molar refractivity (Wildman–Crippen MR) is 49.7 cm³/mol. The quantitative estimate of drug-likeness (QED) is 0.778. The van der Waals surface area contributed by atoms with Crippen LogP contribution in [0.5, 0.6) is 0 Å². The summed E-state index contributed by atoms with van der Waals surface area (Å²) in [7, 11) is 0. The number of carbonyl (C=O) groups is 1. The average molecular weight is 222 g/mol. The average Bonchev–Trinajstić information content (AvgIpc) is 2.72. The summed E-state index contributed by atoms with van der Waals surface area (Å²) in [5, 5.41) is 8.90. The number of aliphatic carboxylic acids is 1. The van der Waals surface area contributed by atoms with Crippen molar-refractivity contribution in [1.29, 1.82) is 0 Å². The molecule has 1 saturated heterocycles. The molecule has 0 spiro atoms. The third kappa shape index (κ3) is 1.25. The highest BCUT2D eigenvalue weighted by Gasteiger charge is 2.78. The van der Waals surface area contributed by atoms with Gasteiger partial charge in [0.2, 0.25) is 0 Å². The lowest BCUT2D eigenvalue weighted by Gasteiger charge is -2.27. The van der Waals surface area contributed by atoms with E-state index < -0.39 is 23.7 Å². The minimum atomic E-state index is -2.97. The van der Waals surface area contributed by atoms with Crippen LogP contribution < -0.4 is 0 Å². The van der Waals surface area contributed by atoms with Crippen molar-refractivity contribution in [3.05, 3.63) is 0 Å². The van der Waals surface area contributed by atoms with Gasteiger partial charge >= 0.3 is 5.97 Å². The van der Waals surface area contributed by atoms with Crippen LogP contribution in [0.15, 0.2) is 0 Å². The lowest BCUT2D eigenvalue weighted by atomic mass is 9.86. The number of carboxylic acids is 1. The van der Waals surface area contributed by atoms with Crippen LogP contribution in [0.1, 0.15) is 19.3 Å². The van der Waals surface area contributed by atoms with E-state index in [0.717, 1.165) is 12.2 Å². The summed E-state index contributed by atoms with van der Waals surface area (Å²) in [6.45, 7) is 0. The fraction of sp³-hybridized carbons (Fsp3) is 0.889. The lowest BCUT2D eigenvalue weighted by Crippen LogP contribution is -2.34. The summed E-state index contributed by atoms with van der Waals surface area (Å²) in [5.74, 6) is -3.08. The smallest absolute Gasteiger partial charge is 0.316 e. The van der Waals surface area contributed by atoms with Gasteiger partial charge in [0.1, 0.15) is 5.41 Å². The Morgan fingerprint density at radius 1 is 1.50 bits per heavy atom. The van der Waals surface area contributed by atoms with Gasteiger partial charge in [-0.15, -0.1) is 0 Å². The molecule has 0 aromatic heterocycles. The van der Waals surface area contributed by atoms with Crippen molar-refractivity contribution in [3.8, 4) is 0 Å². The topological polar surface area (TPSA) is 37.3 Å². The van der Waals surface area contributed by atoms with Crippen LogP contribution in [0.2, 0.25) is 0 Å². The third-order valence-electron chi connectivity index (χ3n) is 3.27. The number of hydrogen-bond donors (Lipinski definition) is 1. The maximum Gasteiger partial charge on any atom is 0.316 e. The Morgan fingerprint density at radius 2 is 2.14 bits per heavy atom. The highest BCUT2D eigenvalue weighted by molar-refractivity contribution is 7.99. The third-order valence-corrected chi connectivity index (χ3v) is 4.48. The van der Waals surface area contributed by atoms with E-state index in [1.54, 1.807) is 11.8 Å². The molecule has 0 aromatic rings. The molecule has 80 valence electrons. The van der Waals surface area contributed by atoms with Gasteiger partial charge in [-0.25, -0.2) is 8.78 Å². The Bertz CT molecular complexity index is 264. The lowest BCUT2D eigenvalue weighted by molar-refractivity contribution is -0.150. The molecule has 2 fully saturated rings. The van der Waals surface area contributed by atoms with Gasteiger partial charge in [0.05, 0.1) is 0 Å². The first-order valence-corrected chi connectivity index (χ1v) is 5.85. The molecule has 0 amide bonds. The van der Waals surface area contributed by atoms with Crippen molar-refractivity contribution < 1.29 is 18.7 Å². The molecule has 0 aromatic carbocycles. The van der Waals surface area contributed by atoms with E-state index in [1.165, 1.54) is 0 Å². The maximum absolute atomic E-state index is 13.1. The van der Waals surface area contributed by atoms with Crippen LogP contribution in [0.3, 0.4) is 0 Å². The molecule has 2 rings (SSSR count). The second-order valence-corrected chi connectivity index (χ2v) is 5.22. The summed E-state index contributed by atoms with van der Waals surface area (Å²) in [5.41, 5.74) is -1.72. The SMILES string of the molecule is O=C(O)C1(C2CCCSC2)CC1(F)F. The zero-order valence-corrected chi connectivity index (χ0v) is 8.45. The van der Waals surface area contributed by atoms with Gasteiger partial charge in [-0.2, -0.15) is 11.8 Å². The summed E-state index contributed by atoms with van der Waals surface area (Å²) < 4.78 is 26.2. The molecular formula is C9H12F2O2S. The molecule has 5 heteroatoms. The minimum absolute atomic E-state index is 0.339. The molecule has 2 aliphatic rings. The molecule has 1 saturated carbocycles. The van der Waals surface area contributed by atoms with Crippen LogP contribution in [0.25, 0.3) is 0 Å². The molecule has 0 bridgehead atoms. The monoisotopic (exact) mass is 222 g/mol. The molecule has 2 nitrogen and oxygen atoms in total. The zero-order chi connectivity index (χ0) is 10.4. The molecule has 1 heterocycles. The molecule has 1 aliphatic heterocycles. The Kier molecular flexibility index (Phi) is 2.25. The first kappa shape index (κ1) is 10.2. The molecule has 1 N–H and O–H groups in total. The molecule has 14 heavy (non-hydrogen) atoms.